The number of H-pyrrole nitrogens is 2. The molecule has 0 bridgehead atoms. The van der Waals surface area contributed by atoms with Crippen molar-refractivity contribution in [2.24, 2.45) is 4.99 Å². The van der Waals surface area contributed by atoms with Crippen molar-refractivity contribution in [1.29, 1.82) is 0 Å². The zero-order chi connectivity index (χ0) is 43.2. The fourth-order valence-electron chi connectivity index (χ4n) is 6.26. The lowest BCUT2D eigenvalue weighted by Crippen LogP contribution is -2.24. The van der Waals surface area contributed by atoms with Crippen molar-refractivity contribution in [2.45, 2.75) is 50.6 Å². The number of fused-ring (bicyclic) bond motifs is 2. The van der Waals surface area contributed by atoms with Crippen LogP contribution < -0.4 is 32.3 Å². The Hall–Kier alpha value is -6.55. The molecule has 0 spiro atoms. The maximum absolute atomic E-state index is 12.5. The van der Waals surface area contributed by atoms with E-state index in [1.54, 1.807) is 47.7 Å². The normalized spacial score (nSPS) is 14.3. The average molecular weight is 881 g/mol. The first-order valence-corrected chi connectivity index (χ1v) is 21.7. The van der Waals surface area contributed by atoms with Crippen LogP contribution in [0, 0.1) is 0 Å². The van der Waals surface area contributed by atoms with Gasteiger partial charge in [-0.1, -0.05) is 0 Å². The second kappa shape index (κ2) is 19.0. The van der Waals surface area contributed by atoms with Crippen LogP contribution in [0.2, 0.25) is 0 Å². The number of aromatic amines is 2. The molecule has 2 aliphatic rings. The summed E-state index contributed by atoms with van der Waals surface area (Å²) in [6.07, 6.45) is 11.3. The van der Waals surface area contributed by atoms with E-state index in [4.69, 9.17) is 19.5 Å². The number of rotatable bonds is 17. The summed E-state index contributed by atoms with van der Waals surface area (Å²) in [5.74, 6) is 0.293. The highest BCUT2D eigenvalue weighted by atomic mass is 32.1. The summed E-state index contributed by atoms with van der Waals surface area (Å²) in [6.45, 7) is 2.31. The van der Waals surface area contributed by atoms with Gasteiger partial charge in [-0.15, -0.1) is 22.7 Å². The number of carbonyl (C=O) groups excluding carboxylic acids is 3. The van der Waals surface area contributed by atoms with Crippen molar-refractivity contribution in [1.82, 2.24) is 49.8 Å². The molecule has 7 aromatic heterocycles. The Morgan fingerprint density at radius 3 is 2.08 bits per heavy atom. The Balaban J connectivity index is 0.000000174. The van der Waals surface area contributed by atoms with E-state index in [1.165, 1.54) is 28.9 Å². The zero-order valence-electron chi connectivity index (χ0n) is 33.8. The Morgan fingerprint density at radius 2 is 1.50 bits per heavy atom. The zero-order valence-corrected chi connectivity index (χ0v) is 35.5. The van der Waals surface area contributed by atoms with E-state index in [0.29, 0.717) is 81.1 Å². The van der Waals surface area contributed by atoms with Gasteiger partial charge in [0.15, 0.2) is 23.1 Å². The van der Waals surface area contributed by atoms with E-state index in [9.17, 15) is 24.3 Å². The van der Waals surface area contributed by atoms with Gasteiger partial charge in [0.1, 0.15) is 11.5 Å². The van der Waals surface area contributed by atoms with Crippen LogP contribution in [0.3, 0.4) is 0 Å². The molecule has 322 valence electrons. The predicted octanol–water partition coefficient (Wildman–Crippen LogP) is 3.17. The van der Waals surface area contributed by atoms with Crippen LogP contribution in [0.25, 0.3) is 38.5 Å². The number of anilines is 1. The standard InChI is InChI=1S/C22H23N7O4S.C19H21N5O3S/c1-33-8-2-7-23-21(31)17-6-5-16(34-17)14-10-18(25-13-3-4-13)29-19(26-14)12(11-24-29)9-15-20(30)28-22(32)27-15;1-27-8-2-7-20-19(26)16-6-5-15(28-16)14-9-17(22-13-3-4-13)24-18(23-14)12(11-25)10-21-24/h5-6,9-11,13,30H,2-4,7-8H2,1H3,(H,23,31)(H2,27,28,32);5-6,9-11,13,22H,2-4,7-8H2,1H3,(H,20,26). The first kappa shape index (κ1) is 42.2. The monoisotopic (exact) mass is 880 g/mol. The van der Waals surface area contributed by atoms with Crippen molar-refractivity contribution in [3.63, 3.8) is 0 Å². The van der Waals surface area contributed by atoms with Crippen molar-refractivity contribution in [3.05, 3.63) is 91.0 Å². The Labute approximate surface area is 361 Å². The summed E-state index contributed by atoms with van der Waals surface area (Å²) in [6, 6.07) is 11.8. The largest absolute Gasteiger partial charge is 0.493 e. The molecule has 0 saturated heterocycles. The molecule has 6 N–H and O–H groups in total. The van der Waals surface area contributed by atoms with Gasteiger partial charge >= 0.3 is 5.69 Å². The van der Waals surface area contributed by atoms with Crippen LogP contribution in [0.5, 0.6) is 5.88 Å². The number of thiophene rings is 2. The number of aromatic nitrogens is 8. The minimum atomic E-state index is -0.509. The molecule has 0 aliphatic heterocycles. The third kappa shape index (κ3) is 9.97. The van der Waals surface area contributed by atoms with Gasteiger partial charge in [-0.25, -0.2) is 14.8 Å². The molecule has 9 rings (SSSR count). The topological polar surface area (TPSA) is 247 Å². The van der Waals surface area contributed by atoms with E-state index in [2.05, 4.69) is 41.1 Å². The van der Waals surface area contributed by atoms with Crippen LogP contribution in [-0.4, -0.2) is 115 Å². The van der Waals surface area contributed by atoms with Crippen molar-refractivity contribution < 1.29 is 29.0 Å². The number of aldehydes is 1. The van der Waals surface area contributed by atoms with Crippen LogP contribution in [-0.2, 0) is 9.47 Å². The molecule has 7 heterocycles. The number of hydrogen-bond acceptors (Lipinski definition) is 15. The summed E-state index contributed by atoms with van der Waals surface area (Å²) in [4.78, 5) is 69.5. The maximum atomic E-state index is 12.5. The predicted molar refractivity (Wildman–Crippen MR) is 233 cm³/mol. The highest BCUT2D eigenvalue weighted by Crippen LogP contribution is 2.32. The van der Waals surface area contributed by atoms with Gasteiger partial charge in [-0.2, -0.15) is 19.2 Å². The molecule has 19 nitrogen and oxygen atoms in total. The molecule has 0 radical (unpaired) electrons. The van der Waals surface area contributed by atoms with Crippen LogP contribution in [0.4, 0.5) is 5.82 Å². The van der Waals surface area contributed by atoms with Gasteiger partial charge in [0.25, 0.3) is 11.8 Å². The summed E-state index contributed by atoms with van der Waals surface area (Å²) in [5.41, 5.74) is 3.23. The third-order valence-electron chi connectivity index (χ3n) is 9.72. The number of imidazole rings is 1. The maximum Gasteiger partial charge on any atom is 0.326 e. The smallest absolute Gasteiger partial charge is 0.326 e. The molecule has 21 heteroatoms. The first-order chi connectivity index (χ1) is 30.2. The number of nitrogens with one attached hydrogen (secondary N) is 5. The highest BCUT2D eigenvalue weighted by Gasteiger charge is 2.24. The summed E-state index contributed by atoms with van der Waals surface area (Å²) >= 11 is 2.72. The van der Waals surface area contributed by atoms with Crippen LogP contribution in [0.1, 0.15) is 73.9 Å². The number of carbonyl (C=O) groups is 3. The fourth-order valence-corrected chi connectivity index (χ4v) is 8.02. The number of amides is 2. The fraction of sp³-hybridized carbons (Fsp3) is 0.341. The van der Waals surface area contributed by atoms with E-state index >= 15 is 0 Å². The second-order valence-corrected chi connectivity index (χ2v) is 16.8. The Morgan fingerprint density at radius 1 is 0.871 bits per heavy atom. The lowest BCUT2D eigenvalue weighted by atomic mass is 10.3. The molecule has 0 unspecified atom stereocenters. The third-order valence-corrected chi connectivity index (χ3v) is 11.9. The highest BCUT2D eigenvalue weighted by molar-refractivity contribution is 7.17. The number of aromatic hydroxyl groups is 1. The molecule has 2 aliphatic carbocycles. The Kier molecular flexibility index (Phi) is 12.9. The molecule has 2 amide bonds. The molecule has 2 fully saturated rings. The number of nitrogens with zero attached hydrogens (tertiary/aromatic N) is 7. The summed E-state index contributed by atoms with van der Waals surface area (Å²) in [7, 11) is 3.27. The van der Waals surface area contributed by atoms with E-state index in [-0.39, 0.29) is 29.4 Å². The SMILES string of the molecule is COCCCNC(=O)c1ccc(-c2cc(=NC3CC3)n3ncc(=Cc4[nH]c(=O)[nH]c4O)c3n2)s1.COCCCNC(=O)c1ccc(-c2cc(NC3CC3)n3ncc(C=O)c3n2)s1. The van der Waals surface area contributed by atoms with E-state index < -0.39 is 5.69 Å². The molecule has 7 aromatic rings. The first-order valence-electron chi connectivity index (χ1n) is 20.0. The van der Waals surface area contributed by atoms with Gasteiger partial charge in [-0.3, -0.25) is 24.4 Å². The van der Waals surface area contributed by atoms with Gasteiger partial charge in [0.05, 0.1) is 54.9 Å². The molecule has 0 aromatic carbocycles. The minimum absolute atomic E-state index is 0.109. The van der Waals surface area contributed by atoms with Crippen molar-refractivity contribution >= 4 is 64.0 Å². The van der Waals surface area contributed by atoms with Crippen molar-refractivity contribution in [2.75, 3.05) is 45.8 Å². The Bertz CT molecular complexity index is 2920. The lowest BCUT2D eigenvalue weighted by molar-refractivity contribution is 0.0944. The lowest BCUT2D eigenvalue weighted by Gasteiger charge is -2.09. The summed E-state index contributed by atoms with van der Waals surface area (Å²) in [5, 5.41) is 28.5. The van der Waals surface area contributed by atoms with Gasteiger partial charge in [0.2, 0.25) is 5.88 Å². The number of methoxy groups -OCH3 is 2. The van der Waals surface area contributed by atoms with Gasteiger partial charge in [-0.05, 0) is 68.9 Å². The number of hydrogen-bond donors (Lipinski definition) is 6. The van der Waals surface area contributed by atoms with Gasteiger partial charge < -0.3 is 35.5 Å². The van der Waals surface area contributed by atoms with Crippen molar-refractivity contribution in [3.8, 4) is 27.0 Å². The molecule has 0 atom stereocenters. The molecule has 2 saturated carbocycles. The van der Waals surface area contributed by atoms with Crippen LogP contribution >= 0.6 is 22.7 Å². The summed E-state index contributed by atoms with van der Waals surface area (Å²) < 4.78 is 13.3. The quantitative estimate of drug-likeness (QED) is 0.0571. The molecular formula is C41H44N12O7S2. The van der Waals surface area contributed by atoms with Crippen LogP contribution in [0.15, 0.2) is 58.6 Å². The van der Waals surface area contributed by atoms with Gasteiger partial charge in [0, 0.05) is 63.9 Å². The minimum Gasteiger partial charge on any atom is -0.493 e. The van der Waals surface area contributed by atoms with E-state index in [1.807, 2.05) is 24.3 Å². The second-order valence-electron chi connectivity index (χ2n) is 14.6. The molecule has 62 heavy (non-hydrogen) atoms. The average Bonchev–Trinajstić information content (AvgIpc) is 3.89. The van der Waals surface area contributed by atoms with E-state index in [0.717, 1.165) is 60.4 Å². The number of ether oxygens (including phenoxy) is 2. The molecular weight excluding hydrogens is 837 g/mol.